The average Bonchev–Trinajstić information content (AvgIpc) is 3.15. The summed E-state index contributed by atoms with van der Waals surface area (Å²) in [6.45, 7) is 1.94. The van der Waals surface area contributed by atoms with E-state index < -0.39 is 71.1 Å². The molecule has 1 fully saturated rings. The fraction of sp³-hybridized carbons (Fsp3) is 0.440. The second-order valence-electron chi connectivity index (χ2n) is 9.85. The van der Waals surface area contributed by atoms with Gasteiger partial charge in [-0.2, -0.15) is 0 Å². The number of pyridine rings is 1. The fourth-order valence-electron chi connectivity index (χ4n) is 5.50. The van der Waals surface area contributed by atoms with Crippen LogP contribution in [0.1, 0.15) is 64.2 Å². The van der Waals surface area contributed by atoms with Gasteiger partial charge < -0.3 is 24.7 Å². The van der Waals surface area contributed by atoms with Crippen molar-refractivity contribution in [2.24, 2.45) is 5.16 Å². The number of halogens is 3. The Morgan fingerprint density at radius 1 is 1.27 bits per heavy atom. The number of amides is 2. The van der Waals surface area contributed by atoms with Gasteiger partial charge in [0, 0.05) is 31.3 Å². The molecule has 12 heteroatoms. The van der Waals surface area contributed by atoms with Crippen LogP contribution in [0.25, 0.3) is 0 Å². The molecule has 2 bridgehead atoms. The molecule has 3 aliphatic rings. The Morgan fingerprint density at radius 2 is 1.97 bits per heavy atom. The lowest BCUT2D eigenvalue weighted by Crippen LogP contribution is -2.53. The highest BCUT2D eigenvalue weighted by atomic mass is 19.1. The van der Waals surface area contributed by atoms with Gasteiger partial charge in [0.25, 0.3) is 11.8 Å². The summed E-state index contributed by atoms with van der Waals surface area (Å²) in [5.74, 6) is -4.41. The number of carbonyl (C=O) groups is 2. The number of aromatic nitrogens is 1. The van der Waals surface area contributed by atoms with E-state index in [9.17, 15) is 32.7 Å². The summed E-state index contributed by atoms with van der Waals surface area (Å²) >= 11 is 0. The monoisotopic (exact) mass is 518 g/mol. The minimum absolute atomic E-state index is 0.0202. The molecule has 4 heterocycles. The predicted molar refractivity (Wildman–Crippen MR) is 125 cm³/mol. The van der Waals surface area contributed by atoms with Crippen molar-refractivity contribution < 1.29 is 32.7 Å². The van der Waals surface area contributed by atoms with E-state index in [0.29, 0.717) is 24.1 Å². The van der Waals surface area contributed by atoms with Gasteiger partial charge in [-0.05, 0) is 44.4 Å². The first-order valence-corrected chi connectivity index (χ1v) is 11.9. The Bertz CT molecular complexity index is 1380. The first-order valence-electron chi connectivity index (χ1n) is 11.9. The maximum absolute atomic E-state index is 14.2. The number of nitrogens with zero attached hydrogens (tertiary/aromatic N) is 3. The quantitative estimate of drug-likeness (QED) is 0.647. The number of aromatic hydroxyl groups is 1. The molecule has 1 saturated heterocycles. The number of aryl methyl sites for hydroxylation is 1. The van der Waals surface area contributed by atoms with Crippen LogP contribution < -0.4 is 10.7 Å². The molecule has 5 rings (SSSR count). The molecule has 37 heavy (non-hydrogen) atoms. The number of alkyl halides is 1. The van der Waals surface area contributed by atoms with E-state index in [1.54, 1.807) is 6.92 Å². The smallest absolute Gasteiger partial charge is 0.274 e. The normalized spacial score (nSPS) is 24.4. The van der Waals surface area contributed by atoms with Gasteiger partial charge in [-0.1, -0.05) is 5.16 Å². The third-order valence-electron chi connectivity index (χ3n) is 7.40. The Hall–Kier alpha value is -3.83. The fourth-order valence-corrected chi connectivity index (χ4v) is 5.50. The standard InChI is InChI=1S/C25H25F3N4O5/c1-12-5-17(27)15(18(28)6-12)9-29-23(35)16-10-32-19-11-31(24(36)20(32)22(34)21(16)33)14(8-26)3-4-25(19)7-13(2)30-37-25/h5-6,10,14,19,34H,3-4,7-9,11H2,1-2H3,(H,29,35)/t14-,19-,25+/m1/s1. The van der Waals surface area contributed by atoms with Gasteiger partial charge in [0.2, 0.25) is 5.43 Å². The van der Waals surface area contributed by atoms with Crippen LogP contribution >= 0.6 is 0 Å². The van der Waals surface area contributed by atoms with Crippen molar-refractivity contribution in [2.75, 3.05) is 13.2 Å². The van der Waals surface area contributed by atoms with E-state index in [0.717, 1.165) is 18.3 Å². The molecule has 3 aliphatic heterocycles. The van der Waals surface area contributed by atoms with Crippen LogP contribution in [0, 0.1) is 18.6 Å². The Balaban J connectivity index is 1.55. The Morgan fingerprint density at radius 3 is 2.59 bits per heavy atom. The molecule has 2 aromatic rings. The first kappa shape index (κ1) is 24.8. The van der Waals surface area contributed by atoms with Crippen LogP contribution in [-0.2, 0) is 11.4 Å². The van der Waals surface area contributed by atoms with Gasteiger partial charge >= 0.3 is 0 Å². The van der Waals surface area contributed by atoms with Gasteiger partial charge in [-0.15, -0.1) is 0 Å². The molecule has 0 radical (unpaired) electrons. The van der Waals surface area contributed by atoms with Crippen molar-refractivity contribution in [3.63, 3.8) is 0 Å². The van der Waals surface area contributed by atoms with Crippen molar-refractivity contribution in [1.82, 2.24) is 14.8 Å². The molecule has 1 aromatic heterocycles. The van der Waals surface area contributed by atoms with Crippen molar-refractivity contribution in [2.45, 2.75) is 57.3 Å². The summed E-state index contributed by atoms with van der Waals surface area (Å²) in [7, 11) is 0. The molecule has 9 nitrogen and oxygen atoms in total. The van der Waals surface area contributed by atoms with Gasteiger partial charge in [0.15, 0.2) is 17.0 Å². The van der Waals surface area contributed by atoms with Crippen LogP contribution in [0.15, 0.2) is 28.3 Å². The summed E-state index contributed by atoms with van der Waals surface area (Å²) in [5, 5.41) is 17.2. The number of nitrogens with one attached hydrogen (secondary N) is 1. The van der Waals surface area contributed by atoms with Gasteiger partial charge in [-0.25, -0.2) is 13.2 Å². The molecule has 196 valence electrons. The second kappa shape index (κ2) is 8.93. The molecule has 0 unspecified atom stereocenters. The van der Waals surface area contributed by atoms with E-state index in [1.807, 2.05) is 0 Å². The highest BCUT2D eigenvalue weighted by Gasteiger charge is 2.54. The van der Waals surface area contributed by atoms with E-state index in [4.69, 9.17) is 4.84 Å². The number of rotatable bonds is 4. The summed E-state index contributed by atoms with van der Waals surface area (Å²) in [4.78, 5) is 46.3. The first-order chi connectivity index (χ1) is 17.6. The largest absolute Gasteiger partial charge is 0.503 e. The Kier molecular flexibility index (Phi) is 5.99. The number of hydrogen-bond donors (Lipinski definition) is 2. The zero-order chi connectivity index (χ0) is 26.6. The summed E-state index contributed by atoms with van der Waals surface area (Å²) < 4.78 is 43.7. The summed E-state index contributed by atoms with van der Waals surface area (Å²) in [5.41, 5.74) is -2.35. The van der Waals surface area contributed by atoms with E-state index in [-0.39, 0.29) is 24.2 Å². The number of benzene rings is 1. The molecular formula is C25H25F3N4O5. The lowest BCUT2D eigenvalue weighted by atomic mass is 9.84. The highest BCUT2D eigenvalue weighted by Crippen LogP contribution is 2.46. The molecule has 2 amide bonds. The number of carbonyl (C=O) groups excluding carboxylic acids is 2. The van der Waals surface area contributed by atoms with E-state index >= 15 is 0 Å². The molecule has 1 spiro atoms. The lowest BCUT2D eigenvalue weighted by Gasteiger charge is -2.42. The summed E-state index contributed by atoms with van der Waals surface area (Å²) in [6.07, 6.45) is 2.14. The molecule has 2 N–H and O–H groups in total. The van der Waals surface area contributed by atoms with Gasteiger partial charge in [0.05, 0.1) is 17.8 Å². The third-order valence-corrected chi connectivity index (χ3v) is 7.40. The van der Waals surface area contributed by atoms with E-state index in [1.165, 1.54) is 16.4 Å². The van der Waals surface area contributed by atoms with Gasteiger partial charge in [0.1, 0.15) is 23.9 Å². The zero-order valence-electron chi connectivity index (χ0n) is 20.2. The maximum atomic E-state index is 14.2. The molecular weight excluding hydrogens is 493 g/mol. The molecule has 0 saturated carbocycles. The van der Waals surface area contributed by atoms with Crippen LogP contribution in [0.3, 0.4) is 0 Å². The lowest BCUT2D eigenvalue weighted by molar-refractivity contribution is -0.0655. The van der Waals surface area contributed by atoms with E-state index in [2.05, 4.69) is 10.5 Å². The minimum Gasteiger partial charge on any atom is -0.503 e. The minimum atomic E-state index is -1.13. The van der Waals surface area contributed by atoms with Crippen molar-refractivity contribution in [3.05, 3.63) is 62.6 Å². The third kappa shape index (κ3) is 3.94. The number of fused-ring (bicyclic) bond motifs is 5. The van der Waals surface area contributed by atoms with Crippen molar-refractivity contribution >= 4 is 17.5 Å². The average molecular weight is 518 g/mol. The van der Waals surface area contributed by atoms with Crippen LogP contribution in [0.4, 0.5) is 13.2 Å². The molecule has 3 atom stereocenters. The highest BCUT2D eigenvalue weighted by molar-refractivity contribution is 5.99. The number of oxime groups is 1. The van der Waals surface area contributed by atoms with Gasteiger partial charge in [-0.3, -0.25) is 14.4 Å². The zero-order valence-corrected chi connectivity index (χ0v) is 20.2. The Labute approximate surface area is 209 Å². The van der Waals surface area contributed by atoms with Crippen LogP contribution in [0.5, 0.6) is 5.75 Å². The number of hydrogen-bond acceptors (Lipinski definition) is 6. The second-order valence-corrected chi connectivity index (χ2v) is 9.85. The van der Waals surface area contributed by atoms with Crippen molar-refractivity contribution in [1.29, 1.82) is 0 Å². The van der Waals surface area contributed by atoms with Crippen LogP contribution in [-0.4, -0.2) is 57.0 Å². The SMILES string of the molecule is CC1=NO[C@@]2(CC[C@H](CF)N3C[C@H]2n2cc(C(=O)NCc4c(F)cc(C)cc4F)c(=O)c(O)c2C3=O)C1. The molecule has 0 aliphatic carbocycles. The van der Waals surface area contributed by atoms with Crippen molar-refractivity contribution in [3.8, 4) is 5.75 Å². The summed E-state index contributed by atoms with van der Waals surface area (Å²) in [6, 6.07) is 0.764. The topological polar surface area (TPSA) is 113 Å². The van der Waals surface area contributed by atoms with Crippen LogP contribution in [0.2, 0.25) is 0 Å². The molecule has 1 aromatic carbocycles. The predicted octanol–water partition coefficient (Wildman–Crippen LogP) is 2.73. The maximum Gasteiger partial charge on any atom is 0.274 e.